The first-order valence-corrected chi connectivity index (χ1v) is 4.79. The SMILES string of the molecule is CNCc1ccccc1NC(=O)COC. The molecule has 2 N–H and O–H groups in total. The van der Waals surface area contributed by atoms with E-state index >= 15 is 0 Å². The van der Waals surface area contributed by atoms with Crippen molar-refractivity contribution in [3.8, 4) is 0 Å². The van der Waals surface area contributed by atoms with Gasteiger partial charge in [0, 0.05) is 19.3 Å². The van der Waals surface area contributed by atoms with E-state index in [1.165, 1.54) is 7.11 Å². The Morgan fingerprint density at radius 3 is 2.80 bits per heavy atom. The van der Waals surface area contributed by atoms with Crippen LogP contribution in [0.5, 0.6) is 0 Å². The van der Waals surface area contributed by atoms with Crippen LogP contribution in [0.25, 0.3) is 0 Å². The summed E-state index contributed by atoms with van der Waals surface area (Å²) < 4.78 is 4.75. The van der Waals surface area contributed by atoms with E-state index in [2.05, 4.69) is 10.6 Å². The highest BCUT2D eigenvalue weighted by Gasteiger charge is 2.04. The Kier molecular flexibility index (Phi) is 4.80. The number of para-hydroxylation sites is 1. The van der Waals surface area contributed by atoms with Gasteiger partial charge in [-0.3, -0.25) is 4.79 Å². The minimum absolute atomic E-state index is 0.0773. The molecular weight excluding hydrogens is 192 g/mol. The molecule has 0 aromatic heterocycles. The maximum Gasteiger partial charge on any atom is 0.250 e. The van der Waals surface area contributed by atoms with Crippen molar-refractivity contribution in [1.82, 2.24) is 5.32 Å². The Bertz CT molecular complexity index is 326. The lowest BCUT2D eigenvalue weighted by molar-refractivity contribution is -0.119. The molecule has 0 fully saturated rings. The van der Waals surface area contributed by atoms with E-state index in [9.17, 15) is 4.79 Å². The van der Waals surface area contributed by atoms with Gasteiger partial charge >= 0.3 is 0 Å². The van der Waals surface area contributed by atoms with E-state index in [0.717, 1.165) is 17.8 Å². The zero-order valence-corrected chi connectivity index (χ0v) is 9.04. The van der Waals surface area contributed by atoms with Gasteiger partial charge in [-0.2, -0.15) is 0 Å². The number of carbonyl (C=O) groups is 1. The predicted molar refractivity (Wildman–Crippen MR) is 59.7 cm³/mol. The number of hydrogen-bond acceptors (Lipinski definition) is 3. The maximum atomic E-state index is 11.3. The fourth-order valence-electron chi connectivity index (χ4n) is 1.30. The lowest BCUT2D eigenvalue weighted by atomic mass is 10.2. The number of benzene rings is 1. The molecular formula is C11H16N2O2. The molecule has 0 radical (unpaired) electrons. The Hall–Kier alpha value is -1.39. The average Bonchev–Trinajstić information content (AvgIpc) is 2.21. The summed E-state index contributed by atoms with van der Waals surface area (Å²) in [7, 11) is 3.37. The molecule has 15 heavy (non-hydrogen) atoms. The van der Waals surface area contributed by atoms with Crippen molar-refractivity contribution in [2.75, 3.05) is 26.1 Å². The monoisotopic (exact) mass is 208 g/mol. The summed E-state index contributed by atoms with van der Waals surface area (Å²) in [4.78, 5) is 11.3. The van der Waals surface area contributed by atoms with Gasteiger partial charge in [0.1, 0.15) is 6.61 Å². The number of hydrogen-bond donors (Lipinski definition) is 2. The van der Waals surface area contributed by atoms with Crippen LogP contribution in [0.4, 0.5) is 5.69 Å². The van der Waals surface area contributed by atoms with Gasteiger partial charge in [0.2, 0.25) is 5.91 Å². The number of methoxy groups -OCH3 is 1. The molecule has 1 aromatic rings. The molecule has 1 amide bonds. The van der Waals surface area contributed by atoms with Crippen LogP contribution in [0.2, 0.25) is 0 Å². The fourth-order valence-corrected chi connectivity index (χ4v) is 1.30. The number of rotatable bonds is 5. The van der Waals surface area contributed by atoms with Gasteiger partial charge in [0.05, 0.1) is 0 Å². The first-order valence-electron chi connectivity index (χ1n) is 4.79. The van der Waals surface area contributed by atoms with E-state index in [1.807, 2.05) is 31.3 Å². The molecule has 82 valence electrons. The van der Waals surface area contributed by atoms with E-state index in [1.54, 1.807) is 0 Å². The average molecular weight is 208 g/mol. The number of carbonyl (C=O) groups excluding carboxylic acids is 1. The van der Waals surface area contributed by atoms with Crippen LogP contribution in [0, 0.1) is 0 Å². The third-order valence-electron chi connectivity index (χ3n) is 1.93. The lowest BCUT2D eigenvalue weighted by Crippen LogP contribution is -2.19. The third-order valence-corrected chi connectivity index (χ3v) is 1.93. The van der Waals surface area contributed by atoms with Crippen LogP contribution >= 0.6 is 0 Å². The van der Waals surface area contributed by atoms with Crippen molar-refractivity contribution in [1.29, 1.82) is 0 Å². The van der Waals surface area contributed by atoms with Crippen molar-refractivity contribution in [3.63, 3.8) is 0 Å². The first-order chi connectivity index (χ1) is 7.27. The smallest absolute Gasteiger partial charge is 0.250 e. The maximum absolute atomic E-state index is 11.3. The second kappa shape index (κ2) is 6.16. The number of anilines is 1. The minimum atomic E-state index is -0.138. The molecule has 1 rings (SSSR count). The van der Waals surface area contributed by atoms with Gasteiger partial charge in [0.25, 0.3) is 0 Å². The second-order valence-corrected chi connectivity index (χ2v) is 3.17. The van der Waals surface area contributed by atoms with E-state index < -0.39 is 0 Å². The van der Waals surface area contributed by atoms with Gasteiger partial charge < -0.3 is 15.4 Å². The molecule has 4 heteroatoms. The highest BCUT2D eigenvalue weighted by molar-refractivity contribution is 5.92. The highest BCUT2D eigenvalue weighted by Crippen LogP contribution is 2.14. The third kappa shape index (κ3) is 3.69. The van der Waals surface area contributed by atoms with Crippen molar-refractivity contribution in [3.05, 3.63) is 29.8 Å². The molecule has 0 saturated heterocycles. The van der Waals surface area contributed by atoms with Gasteiger partial charge in [-0.25, -0.2) is 0 Å². The summed E-state index contributed by atoms with van der Waals surface area (Å²) in [5.74, 6) is -0.138. The van der Waals surface area contributed by atoms with Crippen LogP contribution in [0.3, 0.4) is 0 Å². The lowest BCUT2D eigenvalue weighted by Gasteiger charge is -2.10. The molecule has 4 nitrogen and oxygen atoms in total. The molecule has 0 bridgehead atoms. The van der Waals surface area contributed by atoms with E-state index in [-0.39, 0.29) is 12.5 Å². The Morgan fingerprint density at radius 1 is 1.40 bits per heavy atom. The molecule has 0 aliphatic rings. The van der Waals surface area contributed by atoms with Crippen LogP contribution in [0.1, 0.15) is 5.56 Å². The molecule has 1 aromatic carbocycles. The molecule has 0 aliphatic heterocycles. The predicted octanol–water partition coefficient (Wildman–Crippen LogP) is 0.991. The van der Waals surface area contributed by atoms with Gasteiger partial charge in [-0.05, 0) is 18.7 Å². The van der Waals surface area contributed by atoms with Crippen molar-refractivity contribution in [2.45, 2.75) is 6.54 Å². The quantitative estimate of drug-likeness (QED) is 0.758. The number of amides is 1. The topological polar surface area (TPSA) is 50.4 Å². The van der Waals surface area contributed by atoms with Crippen molar-refractivity contribution in [2.24, 2.45) is 0 Å². The van der Waals surface area contributed by atoms with Crippen LogP contribution in [-0.4, -0.2) is 26.7 Å². The van der Waals surface area contributed by atoms with Gasteiger partial charge in [-0.1, -0.05) is 18.2 Å². The molecule has 0 atom stereocenters. The highest BCUT2D eigenvalue weighted by atomic mass is 16.5. The standard InChI is InChI=1S/C11H16N2O2/c1-12-7-9-5-3-4-6-10(9)13-11(14)8-15-2/h3-6,12H,7-8H2,1-2H3,(H,13,14). The second-order valence-electron chi connectivity index (χ2n) is 3.17. The summed E-state index contributed by atoms with van der Waals surface area (Å²) in [6.45, 7) is 0.803. The normalized spacial score (nSPS) is 10.0. The summed E-state index contributed by atoms with van der Waals surface area (Å²) in [5, 5.41) is 5.84. The van der Waals surface area contributed by atoms with Gasteiger partial charge in [-0.15, -0.1) is 0 Å². The van der Waals surface area contributed by atoms with E-state index in [0.29, 0.717) is 0 Å². The minimum Gasteiger partial charge on any atom is -0.375 e. The summed E-state index contributed by atoms with van der Waals surface area (Å²) >= 11 is 0. The fraction of sp³-hybridized carbons (Fsp3) is 0.364. The summed E-state index contributed by atoms with van der Waals surface area (Å²) in [6.07, 6.45) is 0. The molecule has 0 heterocycles. The van der Waals surface area contributed by atoms with Crippen LogP contribution in [0.15, 0.2) is 24.3 Å². The van der Waals surface area contributed by atoms with Crippen LogP contribution in [-0.2, 0) is 16.1 Å². The number of nitrogens with one attached hydrogen (secondary N) is 2. The molecule has 0 unspecified atom stereocenters. The van der Waals surface area contributed by atoms with Gasteiger partial charge in [0.15, 0.2) is 0 Å². The first kappa shape index (κ1) is 11.7. The summed E-state index contributed by atoms with van der Waals surface area (Å²) in [5.41, 5.74) is 1.89. The largest absolute Gasteiger partial charge is 0.375 e. The Balaban J connectivity index is 2.70. The molecule has 0 saturated carbocycles. The Labute approximate surface area is 89.6 Å². The molecule has 0 aliphatic carbocycles. The Morgan fingerprint density at radius 2 is 2.13 bits per heavy atom. The zero-order valence-electron chi connectivity index (χ0n) is 9.04. The summed E-state index contributed by atoms with van der Waals surface area (Å²) in [6, 6.07) is 7.68. The zero-order chi connectivity index (χ0) is 11.1. The molecule has 0 spiro atoms. The van der Waals surface area contributed by atoms with Crippen molar-refractivity contribution >= 4 is 11.6 Å². The van der Waals surface area contributed by atoms with Crippen molar-refractivity contribution < 1.29 is 9.53 Å². The van der Waals surface area contributed by atoms with E-state index in [4.69, 9.17) is 4.74 Å². The number of ether oxygens (including phenoxy) is 1. The van der Waals surface area contributed by atoms with Crippen LogP contribution < -0.4 is 10.6 Å².